The molecule has 8 heteroatoms. The number of allylic oxidation sites excluding steroid dienone is 2. The van der Waals surface area contributed by atoms with E-state index in [9.17, 15) is 19.5 Å². The SMILES string of the molecule is CCCCCCCC/C=C\CCCCCCCC(=O)OC(COCCC(C(=O)[O-])[N+](C)(C)C)COC(=O)CCCCCCCCCCCCCCCCC. The number of carbonyl (C=O) groups is 3. The van der Waals surface area contributed by atoms with Gasteiger partial charge in [-0.1, -0.05) is 167 Å². The van der Waals surface area contributed by atoms with Crippen molar-refractivity contribution in [3.8, 4) is 0 Å². The molecule has 0 aliphatic rings. The Hall–Kier alpha value is -1.93. The zero-order valence-corrected chi connectivity index (χ0v) is 36.2. The topological polar surface area (TPSA) is 102 Å². The predicted molar refractivity (Wildman–Crippen MR) is 222 cm³/mol. The smallest absolute Gasteiger partial charge is 0.306 e. The second-order valence-corrected chi connectivity index (χ2v) is 16.6. The lowest BCUT2D eigenvalue weighted by Crippen LogP contribution is -2.55. The van der Waals surface area contributed by atoms with E-state index in [2.05, 4.69) is 26.0 Å². The Bertz CT molecular complexity index is 900. The van der Waals surface area contributed by atoms with E-state index in [1.165, 1.54) is 128 Å². The third-order valence-electron chi connectivity index (χ3n) is 10.4. The number of carboxylic acid groups (broad SMARTS) is 1. The molecule has 0 aliphatic carbocycles. The van der Waals surface area contributed by atoms with Crippen molar-refractivity contribution in [3.05, 3.63) is 12.2 Å². The lowest BCUT2D eigenvalue weighted by Gasteiger charge is -2.34. The molecule has 0 saturated carbocycles. The Morgan fingerprint density at radius 1 is 0.537 bits per heavy atom. The van der Waals surface area contributed by atoms with Gasteiger partial charge in [0.2, 0.25) is 0 Å². The van der Waals surface area contributed by atoms with Gasteiger partial charge in [-0.3, -0.25) is 9.59 Å². The third kappa shape index (κ3) is 35.8. The van der Waals surface area contributed by atoms with Crippen LogP contribution in [-0.2, 0) is 28.6 Å². The minimum Gasteiger partial charge on any atom is -0.544 e. The molecule has 2 atom stereocenters. The maximum Gasteiger partial charge on any atom is 0.306 e. The molecule has 0 bridgehead atoms. The first-order valence-electron chi connectivity index (χ1n) is 22.7. The van der Waals surface area contributed by atoms with Gasteiger partial charge in [-0.15, -0.1) is 0 Å². The van der Waals surface area contributed by atoms with Gasteiger partial charge in [-0.25, -0.2) is 0 Å². The van der Waals surface area contributed by atoms with Crippen molar-refractivity contribution in [2.75, 3.05) is 41.0 Å². The molecule has 54 heavy (non-hydrogen) atoms. The average molecular weight is 766 g/mol. The Morgan fingerprint density at radius 2 is 0.926 bits per heavy atom. The Balaban J connectivity index is 4.31. The molecule has 0 saturated heterocycles. The summed E-state index contributed by atoms with van der Waals surface area (Å²) in [5, 5.41) is 11.6. The number of rotatable bonds is 41. The van der Waals surface area contributed by atoms with Crippen LogP contribution < -0.4 is 5.11 Å². The quantitative estimate of drug-likeness (QED) is 0.0264. The van der Waals surface area contributed by atoms with Gasteiger partial charge in [0.1, 0.15) is 12.6 Å². The largest absolute Gasteiger partial charge is 0.544 e. The highest BCUT2D eigenvalue weighted by Gasteiger charge is 2.25. The highest BCUT2D eigenvalue weighted by atomic mass is 16.6. The molecule has 2 unspecified atom stereocenters. The van der Waals surface area contributed by atoms with Crippen LogP contribution >= 0.6 is 0 Å². The third-order valence-corrected chi connectivity index (χ3v) is 10.4. The number of quaternary nitrogens is 1. The van der Waals surface area contributed by atoms with Crippen LogP contribution in [0.3, 0.4) is 0 Å². The Kier molecular flexibility index (Phi) is 36.6. The molecule has 0 aromatic rings. The maximum atomic E-state index is 12.7. The first kappa shape index (κ1) is 52.1. The van der Waals surface area contributed by atoms with E-state index in [1.807, 2.05) is 0 Å². The number of unbranched alkanes of at least 4 members (excludes halogenated alkanes) is 25. The predicted octanol–water partition coefficient (Wildman–Crippen LogP) is 11.0. The summed E-state index contributed by atoms with van der Waals surface area (Å²) in [7, 11) is 5.41. The summed E-state index contributed by atoms with van der Waals surface area (Å²) in [6.07, 6.45) is 39.4. The standard InChI is InChI=1S/C46H87NO7/c1-6-8-10-12-14-16-18-20-22-24-26-28-30-32-34-36-44(48)53-41-42(40-52-39-38-43(46(50)51)47(3,4)5)54-45(49)37-35-33-31-29-27-25-23-21-19-17-15-13-11-9-7-2/h21,23,42-43H,6-20,22,24-41H2,1-5H3/b23-21-. The Morgan fingerprint density at radius 3 is 1.33 bits per heavy atom. The van der Waals surface area contributed by atoms with Gasteiger partial charge >= 0.3 is 11.9 Å². The summed E-state index contributed by atoms with van der Waals surface area (Å²) < 4.78 is 17.2. The number of likely N-dealkylation sites (N-methyl/N-ethyl adjacent to an activating group) is 1. The molecule has 0 amide bonds. The van der Waals surface area contributed by atoms with E-state index in [1.54, 1.807) is 21.1 Å². The van der Waals surface area contributed by atoms with Gasteiger partial charge in [0.05, 0.1) is 40.3 Å². The van der Waals surface area contributed by atoms with E-state index in [0.29, 0.717) is 12.8 Å². The van der Waals surface area contributed by atoms with Crippen LogP contribution in [0.15, 0.2) is 12.2 Å². The fourth-order valence-electron chi connectivity index (χ4n) is 6.83. The highest BCUT2D eigenvalue weighted by molar-refractivity contribution is 5.70. The molecular weight excluding hydrogens is 679 g/mol. The first-order valence-corrected chi connectivity index (χ1v) is 22.7. The summed E-state index contributed by atoms with van der Waals surface area (Å²) in [6.45, 7) is 4.67. The summed E-state index contributed by atoms with van der Waals surface area (Å²) in [5.41, 5.74) is 0. The molecule has 0 rings (SSSR count). The fraction of sp³-hybridized carbons (Fsp3) is 0.891. The molecule has 0 radical (unpaired) electrons. The Labute approximate surface area is 333 Å². The number of esters is 2. The second kappa shape index (κ2) is 38.0. The van der Waals surface area contributed by atoms with Crippen LogP contribution in [0, 0.1) is 0 Å². The van der Waals surface area contributed by atoms with Crippen molar-refractivity contribution in [2.45, 2.75) is 225 Å². The van der Waals surface area contributed by atoms with Crippen LogP contribution in [0.5, 0.6) is 0 Å². The van der Waals surface area contributed by atoms with Crippen molar-refractivity contribution in [1.29, 1.82) is 0 Å². The van der Waals surface area contributed by atoms with Crippen molar-refractivity contribution in [3.63, 3.8) is 0 Å². The van der Waals surface area contributed by atoms with E-state index in [-0.39, 0.29) is 42.7 Å². The fourth-order valence-corrected chi connectivity index (χ4v) is 6.83. The number of carbonyl (C=O) groups excluding carboxylic acids is 3. The number of ether oxygens (including phenoxy) is 3. The van der Waals surface area contributed by atoms with Crippen molar-refractivity contribution >= 4 is 17.9 Å². The first-order chi connectivity index (χ1) is 26.1. The highest BCUT2D eigenvalue weighted by Crippen LogP contribution is 2.15. The van der Waals surface area contributed by atoms with Crippen molar-refractivity contribution in [2.24, 2.45) is 0 Å². The number of nitrogens with zero attached hydrogens (tertiary/aromatic N) is 1. The maximum absolute atomic E-state index is 12.7. The van der Waals surface area contributed by atoms with Crippen molar-refractivity contribution < 1.29 is 38.2 Å². The molecule has 0 aliphatic heterocycles. The molecular formula is C46H87NO7. The van der Waals surface area contributed by atoms with Gasteiger partial charge in [-0.2, -0.15) is 0 Å². The van der Waals surface area contributed by atoms with E-state index in [0.717, 1.165) is 51.4 Å². The molecule has 0 aromatic carbocycles. The van der Waals surface area contributed by atoms with Gasteiger partial charge in [0.15, 0.2) is 6.10 Å². The molecule has 0 heterocycles. The van der Waals surface area contributed by atoms with Gasteiger partial charge in [0.25, 0.3) is 0 Å². The minimum absolute atomic E-state index is 0.0429. The van der Waals surface area contributed by atoms with Crippen LogP contribution in [0.1, 0.15) is 213 Å². The summed E-state index contributed by atoms with van der Waals surface area (Å²) >= 11 is 0. The normalized spacial score (nSPS) is 13.0. The van der Waals surface area contributed by atoms with E-state index >= 15 is 0 Å². The lowest BCUT2D eigenvalue weighted by molar-refractivity contribution is -0.889. The van der Waals surface area contributed by atoms with Gasteiger partial charge in [-0.05, 0) is 38.5 Å². The van der Waals surface area contributed by atoms with Crippen molar-refractivity contribution in [1.82, 2.24) is 0 Å². The molecule has 0 aromatic heterocycles. The van der Waals surface area contributed by atoms with E-state index < -0.39 is 18.1 Å². The number of hydrogen-bond donors (Lipinski definition) is 0. The van der Waals surface area contributed by atoms with Crippen LogP contribution in [0.25, 0.3) is 0 Å². The van der Waals surface area contributed by atoms with Gasteiger partial charge in [0, 0.05) is 19.3 Å². The summed E-state index contributed by atoms with van der Waals surface area (Å²) in [4.78, 5) is 36.8. The molecule has 8 nitrogen and oxygen atoms in total. The molecule has 0 spiro atoms. The number of carboxylic acids is 1. The summed E-state index contributed by atoms with van der Waals surface area (Å²) in [5.74, 6) is -1.73. The average Bonchev–Trinajstić information content (AvgIpc) is 3.12. The molecule has 318 valence electrons. The van der Waals surface area contributed by atoms with Crippen LogP contribution in [-0.4, -0.2) is 75.5 Å². The minimum atomic E-state index is -1.12. The second-order valence-electron chi connectivity index (χ2n) is 16.6. The lowest BCUT2D eigenvalue weighted by atomic mass is 10.0. The zero-order valence-electron chi connectivity index (χ0n) is 36.2. The number of hydrogen-bond acceptors (Lipinski definition) is 7. The van der Waals surface area contributed by atoms with Crippen LogP contribution in [0.2, 0.25) is 0 Å². The zero-order chi connectivity index (χ0) is 40.0. The molecule has 0 N–H and O–H groups in total. The summed E-state index contributed by atoms with van der Waals surface area (Å²) in [6, 6.07) is -0.722. The molecule has 0 fully saturated rings. The van der Waals surface area contributed by atoms with E-state index in [4.69, 9.17) is 14.2 Å². The van der Waals surface area contributed by atoms with Gasteiger partial charge < -0.3 is 28.6 Å². The monoisotopic (exact) mass is 766 g/mol. The van der Waals surface area contributed by atoms with Crippen LogP contribution in [0.4, 0.5) is 0 Å². The number of aliphatic carboxylic acids is 1.